The van der Waals surface area contributed by atoms with Crippen molar-refractivity contribution in [1.82, 2.24) is 0 Å². The van der Waals surface area contributed by atoms with Gasteiger partial charge in [-0.25, -0.2) is 0 Å². The highest BCUT2D eigenvalue weighted by atomic mass is 35.5. The highest BCUT2D eigenvalue weighted by molar-refractivity contribution is 6.32. The molecule has 0 spiro atoms. The van der Waals surface area contributed by atoms with Crippen LogP contribution in [0.5, 0.6) is 5.75 Å². The Morgan fingerprint density at radius 2 is 2.07 bits per heavy atom. The molecular weight excluding hydrogens is 200 g/mol. The van der Waals surface area contributed by atoms with Crippen molar-refractivity contribution in [3.8, 4) is 5.75 Å². The fraction of sp³-hybridized carbons (Fsp3) is 0.400. The van der Waals surface area contributed by atoms with Crippen LogP contribution in [0.2, 0.25) is 5.02 Å². The Morgan fingerprint density at radius 1 is 1.50 bits per heavy atom. The first-order valence-electron chi connectivity index (χ1n) is 4.43. The van der Waals surface area contributed by atoms with Crippen molar-refractivity contribution >= 4 is 11.6 Å². The second-order valence-corrected chi connectivity index (χ2v) is 3.79. The Kier molecular flexibility index (Phi) is 3.37. The average Bonchev–Trinajstić information content (AvgIpc) is 2.14. The Balaban J connectivity index is 3.36. The Labute approximate surface area is 88.7 Å². The lowest BCUT2D eigenvalue weighted by Crippen LogP contribution is -2.22. The minimum Gasteiger partial charge on any atom is -0.508 e. The fourth-order valence-electron chi connectivity index (χ4n) is 1.54. The zero-order chi connectivity index (χ0) is 10.9. The summed E-state index contributed by atoms with van der Waals surface area (Å²) >= 11 is 6.05. The van der Waals surface area contributed by atoms with E-state index in [4.69, 9.17) is 23.1 Å². The molecule has 1 atom stereocenters. The SMILES string of the molecule is Cc1cc(O)c([C@H](N)CN)c(C)c1Cl. The van der Waals surface area contributed by atoms with Crippen LogP contribution in [-0.4, -0.2) is 11.7 Å². The van der Waals surface area contributed by atoms with E-state index in [2.05, 4.69) is 0 Å². The van der Waals surface area contributed by atoms with E-state index in [1.54, 1.807) is 6.07 Å². The van der Waals surface area contributed by atoms with E-state index >= 15 is 0 Å². The first-order valence-corrected chi connectivity index (χ1v) is 4.81. The van der Waals surface area contributed by atoms with E-state index in [-0.39, 0.29) is 18.3 Å². The Hall–Kier alpha value is -0.770. The molecule has 0 radical (unpaired) electrons. The number of aryl methyl sites for hydroxylation is 1. The lowest BCUT2D eigenvalue weighted by molar-refractivity contribution is 0.460. The van der Waals surface area contributed by atoms with Gasteiger partial charge >= 0.3 is 0 Å². The predicted octanol–water partition coefficient (Wildman–Crippen LogP) is 1.62. The van der Waals surface area contributed by atoms with Crippen LogP contribution in [0, 0.1) is 13.8 Å². The Morgan fingerprint density at radius 3 is 2.57 bits per heavy atom. The zero-order valence-corrected chi connectivity index (χ0v) is 9.10. The number of hydrogen-bond donors (Lipinski definition) is 3. The van der Waals surface area contributed by atoms with Crippen molar-refractivity contribution < 1.29 is 5.11 Å². The van der Waals surface area contributed by atoms with E-state index in [1.165, 1.54) is 0 Å². The van der Waals surface area contributed by atoms with Crippen molar-refractivity contribution in [2.75, 3.05) is 6.54 Å². The van der Waals surface area contributed by atoms with Crippen LogP contribution in [0.1, 0.15) is 22.7 Å². The van der Waals surface area contributed by atoms with Crippen LogP contribution in [-0.2, 0) is 0 Å². The number of phenols is 1. The van der Waals surface area contributed by atoms with Crippen LogP contribution in [0.15, 0.2) is 6.07 Å². The molecule has 14 heavy (non-hydrogen) atoms. The second kappa shape index (κ2) is 4.17. The number of nitrogens with two attached hydrogens (primary N) is 2. The van der Waals surface area contributed by atoms with Gasteiger partial charge < -0.3 is 16.6 Å². The van der Waals surface area contributed by atoms with Gasteiger partial charge in [-0.3, -0.25) is 0 Å². The molecule has 0 bridgehead atoms. The van der Waals surface area contributed by atoms with Gasteiger partial charge in [-0.1, -0.05) is 11.6 Å². The normalized spacial score (nSPS) is 12.9. The average molecular weight is 215 g/mol. The van der Waals surface area contributed by atoms with Crippen molar-refractivity contribution in [2.24, 2.45) is 11.5 Å². The molecule has 0 amide bonds. The first kappa shape index (κ1) is 11.3. The molecule has 1 rings (SSSR count). The summed E-state index contributed by atoms with van der Waals surface area (Å²) in [6.07, 6.45) is 0. The van der Waals surface area contributed by atoms with Gasteiger partial charge in [0.1, 0.15) is 5.75 Å². The van der Waals surface area contributed by atoms with Gasteiger partial charge in [-0.05, 0) is 31.0 Å². The molecular formula is C10H15ClN2O. The number of benzene rings is 1. The maximum atomic E-state index is 9.70. The van der Waals surface area contributed by atoms with E-state index in [0.717, 1.165) is 11.1 Å². The van der Waals surface area contributed by atoms with Crippen molar-refractivity contribution in [1.29, 1.82) is 0 Å². The molecule has 0 aliphatic carbocycles. The minimum absolute atomic E-state index is 0.169. The van der Waals surface area contributed by atoms with E-state index in [9.17, 15) is 5.11 Å². The molecule has 3 nitrogen and oxygen atoms in total. The third-order valence-electron chi connectivity index (χ3n) is 2.33. The van der Waals surface area contributed by atoms with Crippen LogP contribution >= 0.6 is 11.6 Å². The first-order chi connectivity index (χ1) is 6.49. The van der Waals surface area contributed by atoms with Crippen molar-refractivity contribution in [3.05, 3.63) is 27.8 Å². The third-order valence-corrected chi connectivity index (χ3v) is 2.91. The number of rotatable bonds is 2. The summed E-state index contributed by atoms with van der Waals surface area (Å²) in [6.45, 7) is 3.96. The topological polar surface area (TPSA) is 72.3 Å². The smallest absolute Gasteiger partial charge is 0.121 e. The lowest BCUT2D eigenvalue weighted by Gasteiger charge is -2.16. The quantitative estimate of drug-likeness (QED) is 0.701. The number of phenolic OH excluding ortho intramolecular Hbond substituents is 1. The van der Waals surface area contributed by atoms with Gasteiger partial charge in [0.25, 0.3) is 0 Å². The van der Waals surface area contributed by atoms with Crippen LogP contribution < -0.4 is 11.5 Å². The molecule has 0 aliphatic rings. The van der Waals surface area contributed by atoms with Crippen LogP contribution in [0.4, 0.5) is 0 Å². The van der Waals surface area contributed by atoms with E-state index < -0.39 is 0 Å². The summed E-state index contributed by atoms with van der Waals surface area (Å²) < 4.78 is 0. The zero-order valence-electron chi connectivity index (χ0n) is 8.34. The van der Waals surface area contributed by atoms with E-state index in [0.29, 0.717) is 10.6 Å². The molecule has 4 heteroatoms. The molecule has 0 heterocycles. The minimum atomic E-state index is -0.368. The maximum Gasteiger partial charge on any atom is 0.121 e. The summed E-state index contributed by atoms with van der Waals surface area (Å²) in [7, 11) is 0. The van der Waals surface area contributed by atoms with Crippen molar-refractivity contribution in [2.45, 2.75) is 19.9 Å². The van der Waals surface area contributed by atoms with Gasteiger partial charge in [0, 0.05) is 23.2 Å². The molecule has 0 aliphatic heterocycles. The fourth-order valence-corrected chi connectivity index (χ4v) is 1.69. The van der Waals surface area contributed by atoms with Crippen molar-refractivity contribution in [3.63, 3.8) is 0 Å². The number of halogens is 1. The van der Waals surface area contributed by atoms with Gasteiger partial charge in [0.2, 0.25) is 0 Å². The summed E-state index contributed by atoms with van der Waals surface area (Å²) in [6, 6.07) is 1.24. The maximum absolute atomic E-state index is 9.70. The Bertz CT molecular complexity index is 352. The number of aromatic hydroxyl groups is 1. The standard InChI is InChI=1S/C10H15ClN2O/c1-5-3-8(14)9(7(13)4-12)6(2)10(5)11/h3,7,14H,4,12-13H2,1-2H3/t7-/m1/s1. The van der Waals surface area contributed by atoms with Gasteiger partial charge in [-0.15, -0.1) is 0 Å². The molecule has 1 aromatic carbocycles. The van der Waals surface area contributed by atoms with Crippen LogP contribution in [0.3, 0.4) is 0 Å². The highest BCUT2D eigenvalue weighted by Gasteiger charge is 2.16. The summed E-state index contributed by atoms with van der Waals surface area (Å²) in [5, 5.41) is 10.3. The molecule has 0 aromatic heterocycles. The lowest BCUT2D eigenvalue weighted by atomic mass is 9.98. The number of hydrogen-bond acceptors (Lipinski definition) is 3. The summed E-state index contributed by atoms with van der Waals surface area (Å²) in [5.41, 5.74) is 13.5. The molecule has 5 N–H and O–H groups in total. The van der Waals surface area contributed by atoms with E-state index in [1.807, 2.05) is 13.8 Å². The summed E-state index contributed by atoms with van der Waals surface area (Å²) in [4.78, 5) is 0. The molecule has 0 saturated heterocycles. The third kappa shape index (κ3) is 1.85. The summed E-state index contributed by atoms with van der Waals surface area (Å²) in [5.74, 6) is 0.169. The van der Waals surface area contributed by atoms with Gasteiger partial charge in [0.05, 0.1) is 0 Å². The second-order valence-electron chi connectivity index (χ2n) is 3.41. The molecule has 78 valence electrons. The van der Waals surface area contributed by atoms with Gasteiger partial charge in [0.15, 0.2) is 0 Å². The largest absolute Gasteiger partial charge is 0.508 e. The molecule has 0 saturated carbocycles. The predicted molar refractivity (Wildman–Crippen MR) is 58.6 cm³/mol. The highest BCUT2D eigenvalue weighted by Crippen LogP contribution is 2.33. The monoisotopic (exact) mass is 214 g/mol. The van der Waals surface area contributed by atoms with Crippen LogP contribution in [0.25, 0.3) is 0 Å². The van der Waals surface area contributed by atoms with Gasteiger partial charge in [-0.2, -0.15) is 0 Å². The molecule has 0 unspecified atom stereocenters. The molecule has 1 aromatic rings. The molecule has 0 fully saturated rings.